The van der Waals surface area contributed by atoms with E-state index in [0.29, 0.717) is 6.04 Å². The molecule has 0 atom stereocenters. The monoisotopic (exact) mass is 158 g/mol. The second-order valence-corrected chi connectivity index (χ2v) is 3.39. The second-order valence-electron chi connectivity index (χ2n) is 3.39. The van der Waals surface area contributed by atoms with Crippen LogP contribution >= 0.6 is 0 Å². The van der Waals surface area contributed by atoms with Gasteiger partial charge in [-0.15, -0.1) is 0 Å². The topological polar surface area (TPSA) is 26.7 Å². The third kappa shape index (κ3) is 2.43. The quantitative estimate of drug-likeness (QED) is 0.611. The Labute approximate surface area is 68.6 Å². The van der Waals surface area contributed by atoms with Crippen molar-refractivity contribution in [3.05, 3.63) is 0 Å². The number of aliphatic hydroxyl groups is 1. The highest BCUT2D eigenvalue weighted by atomic mass is 16.3. The molecule has 1 rings (SSSR count). The van der Waals surface area contributed by atoms with Gasteiger partial charge in [0.2, 0.25) is 0 Å². The fourth-order valence-corrected chi connectivity index (χ4v) is 1.42. The Morgan fingerprint density at radius 2 is 1.73 bits per heavy atom. The number of nitrogens with zero attached hydrogens (tertiary/aromatic N) is 2. The summed E-state index contributed by atoms with van der Waals surface area (Å²) < 4.78 is 0. The minimum atomic E-state index is 0.214. The molecule has 0 spiro atoms. The number of aliphatic hydroxyl groups excluding tert-OH is 1. The van der Waals surface area contributed by atoms with Gasteiger partial charge >= 0.3 is 0 Å². The fraction of sp³-hybridized carbons (Fsp3) is 1.00. The van der Waals surface area contributed by atoms with Crippen molar-refractivity contribution in [1.82, 2.24) is 9.80 Å². The Bertz CT molecular complexity index is 109. The van der Waals surface area contributed by atoms with Gasteiger partial charge in [0.15, 0.2) is 0 Å². The van der Waals surface area contributed by atoms with Crippen molar-refractivity contribution in [3.8, 4) is 0 Å². The van der Waals surface area contributed by atoms with E-state index in [1.54, 1.807) is 0 Å². The molecule has 0 bridgehead atoms. The molecule has 3 heteroatoms. The summed E-state index contributed by atoms with van der Waals surface area (Å²) in [5.74, 6) is 0. The van der Waals surface area contributed by atoms with E-state index in [0.717, 1.165) is 26.2 Å². The lowest BCUT2D eigenvalue weighted by atomic mass is 10.2. The maximum atomic E-state index is 8.82. The molecule has 1 saturated heterocycles. The molecule has 0 aromatic heterocycles. The highest BCUT2D eigenvalue weighted by Gasteiger charge is 2.17. The van der Waals surface area contributed by atoms with Gasteiger partial charge in [0.05, 0.1) is 6.73 Å². The van der Waals surface area contributed by atoms with Crippen molar-refractivity contribution in [2.24, 2.45) is 0 Å². The normalized spacial score (nSPS) is 22.9. The highest BCUT2D eigenvalue weighted by molar-refractivity contribution is 4.72. The van der Waals surface area contributed by atoms with Crippen LogP contribution in [0.25, 0.3) is 0 Å². The average Bonchev–Trinajstić information content (AvgIpc) is 2.05. The summed E-state index contributed by atoms with van der Waals surface area (Å²) in [4.78, 5) is 4.50. The first-order valence-electron chi connectivity index (χ1n) is 4.31. The van der Waals surface area contributed by atoms with Crippen LogP contribution in [-0.4, -0.2) is 53.9 Å². The Hall–Kier alpha value is -0.120. The Kier molecular flexibility index (Phi) is 3.30. The minimum Gasteiger partial charge on any atom is -0.381 e. The molecule has 3 nitrogen and oxygen atoms in total. The number of hydrogen-bond donors (Lipinski definition) is 1. The van der Waals surface area contributed by atoms with Gasteiger partial charge in [0.25, 0.3) is 0 Å². The minimum absolute atomic E-state index is 0.214. The van der Waals surface area contributed by atoms with Crippen molar-refractivity contribution in [1.29, 1.82) is 0 Å². The second kappa shape index (κ2) is 4.04. The zero-order valence-electron chi connectivity index (χ0n) is 7.45. The summed E-state index contributed by atoms with van der Waals surface area (Å²) in [6.45, 7) is 8.86. The van der Waals surface area contributed by atoms with E-state index in [1.165, 1.54) is 0 Å². The first-order valence-corrected chi connectivity index (χ1v) is 4.31. The van der Waals surface area contributed by atoms with Gasteiger partial charge < -0.3 is 5.11 Å². The number of piperazine rings is 1. The summed E-state index contributed by atoms with van der Waals surface area (Å²) >= 11 is 0. The van der Waals surface area contributed by atoms with Gasteiger partial charge in [-0.05, 0) is 13.8 Å². The lowest BCUT2D eigenvalue weighted by Gasteiger charge is -2.35. The SMILES string of the molecule is CC(C)N1CCN(CO)CC1. The third-order valence-electron chi connectivity index (χ3n) is 2.34. The maximum Gasteiger partial charge on any atom is 0.0957 e. The lowest BCUT2D eigenvalue weighted by Crippen LogP contribution is -2.48. The van der Waals surface area contributed by atoms with Gasteiger partial charge in [-0.2, -0.15) is 0 Å². The zero-order chi connectivity index (χ0) is 8.27. The Morgan fingerprint density at radius 1 is 1.18 bits per heavy atom. The first kappa shape index (κ1) is 8.97. The van der Waals surface area contributed by atoms with Crippen molar-refractivity contribution < 1.29 is 5.11 Å². The van der Waals surface area contributed by atoms with Crippen LogP contribution in [0.15, 0.2) is 0 Å². The Morgan fingerprint density at radius 3 is 2.09 bits per heavy atom. The van der Waals surface area contributed by atoms with Crippen LogP contribution in [0.3, 0.4) is 0 Å². The fourth-order valence-electron chi connectivity index (χ4n) is 1.42. The van der Waals surface area contributed by atoms with Gasteiger partial charge in [-0.1, -0.05) is 0 Å². The molecular weight excluding hydrogens is 140 g/mol. The van der Waals surface area contributed by atoms with Crippen LogP contribution in [0.1, 0.15) is 13.8 Å². The molecule has 0 aliphatic carbocycles. The van der Waals surface area contributed by atoms with Crippen LogP contribution in [-0.2, 0) is 0 Å². The van der Waals surface area contributed by atoms with Crippen molar-refractivity contribution in [2.45, 2.75) is 19.9 Å². The molecular formula is C8H18N2O. The van der Waals surface area contributed by atoms with Gasteiger partial charge in [-0.25, -0.2) is 0 Å². The van der Waals surface area contributed by atoms with Crippen LogP contribution in [0, 0.1) is 0 Å². The van der Waals surface area contributed by atoms with Gasteiger partial charge in [-0.3, -0.25) is 9.80 Å². The molecule has 0 unspecified atom stereocenters. The Balaban J connectivity index is 2.24. The predicted octanol–water partition coefficient (Wildman–Crippen LogP) is -0.0378. The molecule has 1 aliphatic heterocycles. The van der Waals surface area contributed by atoms with E-state index in [2.05, 4.69) is 23.6 Å². The van der Waals surface area contributed by atoms with Crippen LogP contribution in [0.2, 0.25) is 0 Å². The van der Waals surface area contributed by atoms with Crippen molar-refractivity contribution in [3.63, 3.8) is 0 Å². The van der Waals surface area contributed by atoms with E-state index in [4.69, 9.17) is 5.11 Å². The van der Waals surface area contributed by atoms with Crippen molar-refractivity contribution in [2.75, 3.05) is 32.9 Å². The van der Waals surface area contributed by atoms with E-state index in [1.807, 2.05) is 0 Å². The molecule has 0 saturated carbocycles. The van der Waals surface area contributed by atoms with E-state index in [9.17, 15) is 0 Å². The van der Waals surface area contributed by atoms with Crippen molar-refractivity contribution >= 4 is 0 Å². The molecule has 1 heterocycles. The molecule has 0 aromatic carbocycles. The smallest absolute Gasteiger partial charge is 0.0957 e. The third-order valence-corrected chi connectivity index (χ3v) is 2.34. The van der Waals surface area contributed by atoms with Gasteiger partial charge in [0.1, 0.15) is 0 Å². The summed E-state index contributed by atoms with van der Waals surface area (Å²) in [7, 11) is 0. The summed E-state index contributed by atoms with van der Waals surface area (Å²) in [6, 6.07) is 0.649. The van der Waals surface area contributed by atoms with Crippen LogP contribution in [0.4, 0.5) is 0 Å². The largest absolute Gasteiger partial charge is 0.381 e. The average molecular weight is 158 g/mol. The summed E-state index contributed by atoms with van der Waals surface area (Å²) in [5.41, 5.74) is 0. The highest BCUT2D eigenvalue weighted by Crippen LogP contribution is 2.04. The molecule has 0 amide bonds. The maximum absolute atomic E-state index is 8.82. The molecule has 66 valence electrons. The summed E-state index contributed by atoms with van der Waals surface area (Å²) in [6.07, 6.45) is 0. The summed E-state index contributed by atoms with van der Waals surface area (Å²) in [5, 5.41) is 8.82. The van der Waals surface area contributed by atoms with Crippen LogP contribution < -0.4 is 0 Å². The molecule has 11 heavy (non-hydrogen) atoms. The molecule has 1 N–H and O–H groups in total. The van der Waals surface area contributed by atoms with Crippen LogP contribution in [0.5, 0.6) is 0 Å². The first-order chi connectivity index (χ1) is 5.24. The van der Waals surface area contributed by atoms with Gasteiger partial charge in [0, 0.05) is 32.2 Å². The molecule has 0 radical (unpaired) electrons. The van der Waals surface area contributed by atoms with E-state index in [-0.39, 0.29) is 6.73 Å². The molecule has 1 fully saturated rings. The number of hydrogen-bond acceptors (Lipinski definition) is 3. The standard InChI is InChI=1S/C8H18N2O/c1-8(2)10-5-3-9(7-11)4-6-10/h8,11H,3-7H2,1-2H3. The van der Waals surface area contributed by atoms with E-state index < -0.39 is 0 Å². The molecule has 1 aliphatic rings. The lowest BCUT2D eigenvalue weighted by molar-refractivity contribution is 0.0437. The zero-order valence-corrected chi connectivity index (χ0v) is 7.45. The van der Waals surface area contributed by atoms with E-state index >= 15 is 0 Å². The number of rotatable bonds is 2. The molecule has 0 aromatic rings. The predicted molar refractivity (Wildman–Crippen MR) is 45.4 cm³/mol.